The van der Waals surface area contributed by atoms with Gasteiger partial charge in [-0.25, -0.2) is 0 Å². The molecule has 0 bridgehead atoms. The topological polar surface area (TPSA) is 64.8 Å². The summed E-state index contributed by atoms with van der Waals surface area (Å²) in [5.41, 5.74) is 5.06. The quantitative estimate of drug-likeness (QED) is 0.713. The van der Waals surface area contributed by atoms with Crippen LogP contribution in [-0.2, 0) is 14.3 Å². The Bertz CT molecular complexity index is 261. The smallest absolute Gasteiger partial charge is 0.325 e. The van der Waals surface area contributed by atoms with Gasteiger partial charge in [-0.05, 0) is 39.2 Å². The largest absolute Gasteiger partial charge is 0.468 e. The maximum atomic E-state index is 11.4. The summed E-state index contributed by atoms with van der Waals surface area (Å²) in [5, 5.41) is 0. The Morgan fingerprint density at radius 3 is 2.50 bits per heavy atom. The van der Waals surface area contributed by atoms with Gasteiger partial charge in [0.1, 0.15) is 5.54 Å². The van der Waals surface area contributed by atoms with Crippen LogP contribution in [0.5, 0.6) is 0 Å². The minimum absolute atomic E-state index is 0.333. The van der Waals surface area contributed by atoms with E-state index in [0.29, 0.717) is 12.5 Å². The first kappa shape index (κ1) is 15.4. The van der Waals surface area contributed by atoms with Gasteiger partial charge in [0, 0.05) is 20.2 Å². The first-order chi connectivity index (χ1) is 8.49. The molecule has 5 heteroatoms. The number of carbonyl (C=O) groups excluding carboxylic acids is 1. The number of ether oxygens (including phenoxy) is 2. The van der Waals surface area contributed by atoms with Crippen LogP contribution in [0.3, 0.4) is 0 Å². The SMILES string of the molecule is COC(=O)C(C)(N)CCCN1CCC(OC)CC1. The molecule has 1 atom stereocenters. The highest BCUT2D eigenvalue weighted by atomic mass is 16.5. The summed E-state index contributed by atoms with van der Waals surface area (Å²) in [6, 6.07) is 0. The summed E-state index contributed by atoms with van der Waals surface area (Å²) in [7, 11) is 3.15. The predicted molar refractivity (Wildman–Crippen MR) is 70.3 cm³/mol. The van der Waals surface area contributed by atoms with Crippen LogP contribution in [-0.4, -0.2) is 56.4 Å². The lowest BCUT2D eigenvalue weighted by Crippen LogP contribution is -2.46. The van der Waals surface area contributed by atoms with Crippen molar-refractivity contribution < 1.29 is 14.3 Å². The number of methoxy groups -OCH3 is 2. The highest BCUT2D eigenvalue weighted by Gasteiger charge is 2.29. The van der Waals surface area contributed by atoms with Gasteiger partial charge in [-0.2, -0.15) is 0 Å². The van der Waals surface area contributed by atoms with Crippen LogP contribution >= 0.6 is 0 Å². The number of hydrogen-bond donors (Lipinski definition) is 1. The standard InChI is InChI=1S/C13H26N2O3/c1-13(14,12(16)18-3)7-4-8-15-9-5-11(17-2)6-10-15/h11H,4-10,14H2,1-3H3. The molecule has 0 aromatic rings. The number of carbonyl (C=O) groups is 1. The lowest BCUT2D eigenvalue weighted by Gasteiger charge is -2.31. The Balaban J connectivity index is 2.20. The van der Waals surface area contributed by atoms with Crippen molar-refractivity contribution in [2.75, 3.05) is 33.9 Å². The second kappa shape index (κ2) is 7.07. The van der Waals surface area contributed by atoms with Crippen molar-refractivity contribution in [3.05, 3.63) is 0 Å². The summed E-state index contributed by atoms with van der Waals surface area (Å²) in [5.74, 6) is -0.333. The third kappa shape index (κ3) is 4.55. The molecule has 1 rings (SSSR count). The Kier molecular flexibility index (Phi) is 6.05. The first-order valence-electron chi connectivity index (χ1n) is 6.62. The number of nitrogens with two attached hydrogens (primary N) is 1. The monoisotopic (exact) mass is 258 g/mol. The van der Waals surface area contributed by atoms with Gasteiger partial charge in [-0.3, -0.25) is 4.79 Å². The number of esters is 1. The van der Waals surface area contributed by atoms with Crippen molar-refractivity contribution >= 4 is 5.97 Å². The van der Waals surface area contributed by atoms with Gasteiger partial charge in [0.25, 0.3) is 0 Å². The summed E-state index contributed by atoms with van der Waals surface area (Å²) in [4.78, 5) is 13.8. The molecule has 0 aliphatic carbocycles. The van der Waals surface area contributed by atoms with Crippen LogP contribution in [0.15, 0.2) is 0 Å². The third-order valence-electron chi connectivity index (χ3n) is 3.69. The predicted octanol–water partition coefficient (Wildman–Crippen LogP) is 0.768. The maximum absolute atomic E-state index is 11.4. The molecule has 18 heavy (non-hydrogen) atoms. The summed E-state index contributed by atoms with van der Waals surface area (Å²) < 4.78 is 10.0. The maximum Gasteiger partial charge on any atom is 0.325 e. The van der Waals surface area contributed by atoms with E-state index in [0.717, 1.165) is 38.9 Å². The molecule has 1 aliphatic rings. The van der Waals surface area contributed by atoms with Crippen molar-refractivity contribution in [3.63, 3.8) is 0 Å². The molecule has 5 nitrogen and oxygen atoms in total. The van der Waals surface area contributed by atoms with Crippen LogP contribution in [0, 0.1) is 0 Å². The van der Waals surface area contributed by atoms with E-state index in [1.165, 1.54) is 7.11 Å². The van der Waals surface area contributed by atoms with Crippen LogP contribution in [0.25, 0.3) is 0 Å². The molecule has 1 aliphatic heterocycles. The number of likely N-dealkylation sites (tertiary alicyclic amines) is 1. The van der Waals surface area contributed by atoms with E-state index in [2.05, 4.69) is 4.90 Å². The molecule has 0 aromatic carbocycles. The number of hydrogen-bond acceptors (Lipinski definition) is 5. The fourth-order valence-electron chi connectivity index (χ4n) is 2.37. The van der Waals surface area contributed by atoms with Crippen LogP contribution in [0.1, 0.15) is 32.6 Å². The average molecular weight is 258 g/mol. The molecule has 0 spiro atoms. The highest BCUT2D eigenvalue weighted by Crippen LogP contribution is 2.15. The molecule has 0 saturated carbocycles. The van der Waals surface area contributed by atoms with Gasteiger partial charge >= 0.3 is 5.97 Å². The van der Waals surface area contributed by atoms with Crippen LogP contribution < -0.4 is 5.73 Å². The zero-order valence-electron chi connectivity index (χ0n) is 11.8. The molecule has 1 saturated heterocycles. The molecular weight excluding hydrogens is 232 g/mol. The molecule has 1 unspecified atom stereocenters. The van der Waals surface area contributed by atoms with Crippen molar-refractivity contribution in [1.82, 2.24) is 4.90 Å². The Morgan fingerprint density at radius 1 is 1.39 bits per heavy atom. The average Bonchev–Trinajstić information content (AvgIpc) is 2.38. The van der Waals surface area contributed by atoms with E-state index in [1.54, 1.807) is 14.0 Å². The number of rotatable bonds is 6. The van der Waals surface area contributed by atoms with E-state index >= 15 is 0 Å². The normalized spacial score (nSPS) is 21.6. The molecule has 106 valence electrons. The van der Waals surface area contributed by atoms with E-state index in [9.17, 15) is 4.79 Å². The van der Waals surface area contributed by atoms with Crippen molar-refractivity contribution in [2.45, 2.75) is 44.2 Å². The fourth-order valence-corrected chi connectivity index (χ4v) is 2.37. The van der Waals surface area contributed by atoms with Gasteiger partial charge in [-0.15, -0.1) is 0 Å². The highest BCUT2D eigenvalue weighted by molar-refractivity contribution is 5.79. The van der Waals surface area contributed by atoms with Crippen LogP contribution in [0.4, 0.5) is 0 Å². The van der Waals surface area contributed by atoms with E-state index in [1.807, 2.05) is 0 Å². The zero-order valence-corrected chi connectivity index (χ0v) is 11.8. The van der Waals surface area contributed by atoms with Crippen molar-refractivity contribution in [2.24, 2.45) is 5.73 Å². The lowest BCUT2D eigenvalue weighted by atomic mass is 9.97. The molecule has 0 amide bonds. The van der Waals surface area contributed by atoms with Gasteiger partial charge in [-0.1, -0.05) is 0 Å². The summed E-state index contributed by atoms with van der Waals surface area (Å²) in [6.45, 7) is 4.85. The minimum atomic E-state index is -0.862. The Morgan fingerprint density at radius 2 is 2.00 bits per heavy atom. The number of piperidine rings is 1. The molecule has 0 aromatic heterocycles. The Hall–Kier alpha value is -0.650. The zero-order chi connectivity index (χ0) is 13.6. The molecule has 2 N–H and O–H groups in total. The van der Waals surface area contributed by atoms with E-state index in [-0.39, 0.29) is 5.97 Å². The minimum Gasteiger partial charge on any atom is -0.468 e. The van der Waals surface area contributed by atoms with Gasteiger partial charge in [0.15, 0.2) is 0 Å². The molecule has 1 heterocycles. The second-order valence-electron chi connectivity index (χ2n) is 5.29. The summed E-state index contributed by atoms with van der Waals surface area (Å²) in [6.07, 6.45) is 4.17. The summed E-state index contributed by atoms with van der Waals surface area (Å²) >= 11 is 0. The van der Waals surface area contributed by atoms with Crippen molar-refractivity contribution in [1.29, 1.82) is 0 Å². The van der Waals surface area contributed by atoms with Crippen molar-refractivity contribution in [3.8, 4) is 0 Å². The fraction of sp³-hybridized carbons (Fsp3) is 0.923. The Labute approximate surface area is 110 Å². The van der Waals surface area contributed by atoms with Gasteiger partial charge < -0.3 is 20.1 Å². The molecule has 0 radical (unpaired) electrons. The molecular formula is C13H26N2O3. The third-order valence-corrected chi connectivity index (χ3v) is 3.69. The lowest BCUT2D eigenvalue weighted by molar-refractivity contribution is -0.146. The van der Waals surface area contributed by atoms with E-state index < -0.39 is 5.54 Å². The second-order valence-corrected chi connectivity index (χ2v) is 5.29. The molecule has 1 fully saturated rings. The van der Waals surface area contributed by atoms with Gasteiger partial charge in [0.05, 0.1) is 13.2 Å². The van der Waals surface area contributed by atoms with Crippen LogP contribution in [0.2, 0.25) is 0 Å². The first-order valence-corrected chi connectivity index (χ1v) is 6.62. The number of nitrogens with zero attached hydrogens (tertiary/aromatic N) is 1. The van der Waals surface area contributed by atoms with E-state index in [4.69, 9.17) is 15.2 Å². The van der Waals surface area contributed by atoms with Gasteiger partial charge in [0.2, 0.25) is 0 Å².